The molecule has 0 aromatic heterocycles. The number of carbonyl (C=O) groups is 1. The minimum Gasteiger partial charge on any atom is -0.465 e. The van der Waals surface area contributed by atoms with Gasteiger partial charge in [0.1, 0.15) is 6.17 Å². The molecule has 0 amide bonds. The first-order valence-electron chi connectivity index (χ1n) is 7.31. The van der Waals surface area contributed by atoms with Gasteiger partial charge in [-0.15, -0.1) is 0 Å². The van der Waals surface area contributed by atoms with Crippen LogP contribution in [0.1, 0.15) is 27.7 Å². The summed E-state index contributed by atoms with van der Waals surface area (Å²) in [5.74, 6) is -0.293. The Labute approximate surface area is 130 Å². The zero-order valence-corrected chi connectivity index (χ0v) is 13.1. The summed E-state index contributed by atoms with van der Waals surface area (Å²) in [5, 5.41) is 0. The Balaban J connectivity index is 1.99. The van der Waals surface area contributed by atoms with Gasteiger partial charge in [-0.3, -0.25) is 4.90 Å². The highest BCUT2D eigenvalue weighted by molar-refractivity contribution is 5.90. The van der Waals surface area contributed by atoms with Crippen molar-refractivity contribution < 1.29 is 9.53 Å². The van der Waals surface area contributed by atoms with Gasteiger partial charge in [0.05, 0.1) is 12.7 Å². The third-order valence-electron chi connectivity index (χ3n) is 4.18. The van der Waals surface area contributed by atoms with E-state index < -0.39 is 0 Å². The van der Waals surface area contributed by atoms with Gasteiger partial charge in [-0.05, 0) is 36.4 Å². The van der Waals surface area contributed by atoms with Crippen molar-refractivity contribution in [3.63, 3.8) is 0 Å². The van der Waals surface area contributed by atoms with Crippen molar-refractivity contribution in [1.82, 2.24) is 4.90 Å². The van der Waals surface area contributed by atoms with Gasteiger partial charge < -0.3 is 9.64 Å². The predicted octanol–water partition coefficient (Wildman–Crippen LogP) is 3.05. The van der Waals surface area contributed by atoms with Crippen LogP contribution in [0.5, 0.6) is 0 Å². The average molecular weight is 296 g/mol. The molecule has 1 aliphatic heterocycles. The van der Waals surface area contributed by atoms with Crippen molar-refractivity contribution in [2.24, 2.45) is 0 Å². The van der Waals surface area contributed by atoms with E-state index in [1.165, 1.54) is 12.7 Å². The molecule has 1 aliphatic rings. The fourth-order valence-electron chi connectivity index (χ4n) is 3.19. The smallest absolute Gasteiger partial charge is 0.337 e. The highest BCUT2D eigenvalue weighted by atomic mass is 16.5. The highest BCUT2D eigenvalue weighted by Gasteiger charge is 2.29. The number of benzene rings is 2. The number of methoxy groups -OCH3 is 1. The first-order chi connectivity index (χ1) is 10.6. The number of hydrogen-bond acceptors (Lipinski definition) is 4. The Bertz CT molecular complexity index is 685. The van der Waals surface area contributed by atoms with Crippen LogP contribution in [0.3, 0.4) is 0 Å². The largest absolute Gasteiger partial charge is 0.465 e. The molecule has 0 radical (unpaired) electrons. The second-order valence-corrected chi connectivity index (χ2v) is 5.65. The van der Waals surface area contributed by atoms with E-state index in [0.717, 1.165) is 17.8 Å². The van der Waals surface area contributed by atoms with Crippen LogP contribution >= 0.6 is 0 Å². The van der Waals surface area contributed by atoms with Crippen LogP contribution in [0.4, 0.5) is 5.69 Å². The summed E-state index contributed by atoms with van der Waals surface area (Å²) in [5.41, 5.74) is 4.15. The lowest BCUT2D eigenvalue weighted by Gasteiger charge is -2.42. The molecule has 0 fully saturated rings. The van der Waals surface area contributed by atoms with Gasteiger partial charge in [-0.25, -0.2) is 4.79 Å². The maximum atomic E-state index is 11.7. The Morgan fingerprint density at radius 1 is 1.14 bits per heavy atom. The number of nitrogens with zero attached hydrogens (tertiary/aromatic N) is 2. The quantitative estimate of drug-likeness (QED) is 0.797. The van der Waals surface area contributed by atoms with Crippen molar-refractivity contribution >= 4 is 11.7 Å². The molecule has 0 aliphatic carbocycles. The van der Waals surface area contributed by atoms with Crippen molar-refractivity contribution in [2.75, 3.05) is 26.1 Å². The van der Waals surface area contributed by atoms with Gasteiger partial charge in [0.2, 0.25) is 0 Å². The summed E-state index contributed by atoms with van der Waals surface area (Å²) < 4.78 is 4.81. The standard InChI is InChI=1S/C18H20N2O2/c1-19-12-15-11-14(18(21)22-3)9-10-16(15)20(2)17(19)13-7-5-4-6-8-13/h4-11,17H,12H2,1-3H3. The number of anilines is 1. The molecule has 22 heavy (non-hydrogen) atoms. The molecule has 0 bridgehead atoms. The van der Waals surface area contributed by atoms with E-state index in [4.69, 9.17) is 4.74 Å². The average Bonchev–Trinajstić information content (AvgIpc) is 2.54. The minimum atomic E-state index is -0.293. The van der Waals surface area contributed by atoms with E-state index in [0.29, 0.717) is 5.56 Å². The molecule has 4 heteroatoms. The summed E-state index contributed by atoms with van der Waals surface area (Å²) >= 11 is 0. The van der Waals surface area contributed by atoms with Gasteiger partial charge in [-0.1, -0.05) is 30.3 Å². The van der Waals surface area contributed by atoms with E-state index in [-0.39, 0.29) is 12.1 Å². The zero-order chi connectivity index (χ0) is 15.7. The molecule has 0 saturated carbocycles. The van der Waals surface area contributed by atoms with Crippen LogP contribution in [-0.4, -0.2) is 32.1 Å². The number of hydrogen-bond donors (Lipinski definition) is 0. The van der Waals surface area contributed by atoms with Gasteiger partial charge >= 0.3 is 5.97 Å². The first kappa shape index (κ1) is 14.6. The van der Waals surface area contributed by atoms with E-state index in [1.807, 2.05) is 24.3 Å². The molecule has 114 valence electrons. The van der Waals surface area contributed by atoms with Crippen molar-refractivity contribution in [1.29, 1.82) is 0 Å². The fourth-order valence-corrected chi connectivity index (χ4v) is 3.19. The molecule has 4 nitrogen and oxygen atoms in total. The van der Waals surface area contributed by atoms with Crippen LogP contribution in [0.15, 0.2) is 48.5 Å². The SMILES string of the molecule is COC(=O)c1ccc2c(c1)CN(C)C(c1ccccc1)N2C. The van der Waals surface area contributed by atoms with Gasteiger partial charge in [0, 0.05) is 19.3 Å². The zero-order valence-electron chi connectivity index (χ0n) is 13.1. The van der Waals surface area contributed by atoms with Crippen molar-refractivity contribution in [3.05, 3.63) is 65.2 Å². The topological polar surface area (TPSA) is 32.8 Å². The van der Waals surface area contributed by atoms with Crippen LogP contribution in [-0.2, 0) is 11.3 Å². The maximum Gasteiger partial charge on any atom is 0.337 e. The molecule has 3 rings (SSSR count). The summed E-state index contributed by atoms with van der Waals surface area (Å²) in [6.07, 6.45) is 0.192. The van der Waals surface area contributed by atoms with Gasteiger partial charge in [-0.2, -0.15) is 0 Å². The second-order valence-electron chi connectivity index (χ2n) is 5.65. The van der Waals surface area contributed by atoms with Crippen LogP contribution in [0, 0.1) is 0 Å². The number of ether oxygens (including phenoxy) is 1. The molecule has 1 heterocycles. The lowest BCUT2D eigenvalue weighted by Crippen LogP contribution is -2.41. The Morgan fingerprint density at radius 2 is 1.86 bits per heavy atom. The van der Waals surface area contributed by atoms with E-state index >= 15 is 0 Å². The molecule has 0 N–H and O–H groups in total. The number of rotatable bonds is 2. The van der Waals surface area contributed by atoms with Gasteiger partial charge in [0.15, 0.2) is 0 Å². The molecule has 1 unspecified atom stereocenters. The molecule has 2 aromatic rings. The summed E-state index contributed by atoms with van der Waals surface area (Å²) in [7, 11) is 5.59. The summed E-state index contributed by atoms with van der Waals surface area (Å²) in [6.45, 7) is 0.796. The maximum absolute atomic E-state index is 11.7. The summed E-state index contributed by atoms with van der Waals surface area (Å²) in [4.78, 5) is 16.2. The van der Waals surface area contributed by atoms with Crippen molar-refractivity contribution in [3.8, 4) is 0 Å². The molecule has 0 saturated heterocycles. The normalized spacial score (nSPS) is 18.0. The molecular formula is C18H20N2O2. The fraction of sp³-hybridized carbons (Fsp3) is 0.278. The Kier molecular flexibility index (Phi) is 3.86. The van der Waals surface area contributed by atoms with Crippen LogP contribution in [0.25, 0.3) is 0 Å². The first-order valence-corrected chi connectivity index (χ1v) is 7.31. The number of esters is 1. The third kappa shape index (κ3) is 2.46. The second kappa shape index (κ2) is 5.81. The molecule has 0 spiro atoms. The van der Waals surface area contributed by atoms with Crippen LogP contribution in [0.2, 0.25) is 0 Å². The third-order valence-corrected chi connectivity index (χ3v) is 4.18. The molecular weight excluding hydrogens is 276 g/mol. The van der Waals surface area contributed by atoms with E-state index in [9.17, 15) is 4.79 Å². The predicted molar refractivity (Wildman–Crippen MR) is 86.8 cm³/mol. The molecule has 1 atom stereocenters. The lowest BCUT2D eigenvalue weighted by molar-refractivity contribution is 0.0600. The monoisotopic (exact) mass is 296 g/mol. The van der Waals surface area contributed by atoms with E-state index in [1.54, 1.807) is 0 Å². The highest BCUT2D eigenvalue weighted by Crippen LogP contribution is 2.37. The van der Waals surface area contributed by atoms with Crippen molar-refractivity contribution in [2.45, 2.75) is 12.7 Å². The van der Waals surface area contributed by atoms with Crippen LogP contribution < -0.4 is 4.90 Å². The summed E-state index contributed by atoms with van der Waals surface area (Å²) in [6, 6.07) is 16.2. The number of fused-ring (bicyclic) bond motifs is 1. The Hall–Kier alpha value is -2.33. The van der Waals surface area contributed by atoms with Gasteiger partial charge in [0.25, 0.3) is 0 Å². The lowest BCUT2D eigenvalue weighted by atomic mass is 10.0. The van der Waals surface area contributed by atoms with E-state index in [2.05, 4.69) is 48.2 Å². The minimum absolute atomic E-state index is 0.192. The number of carbonyl (C=O) groups excluding carboxylic acids is 1. The molecule has 2 aromatic carbocycles. The Morgan fingerprint density at radius 3 is 2.55 bits per heavy atom.